The van der Waals surface area contributed by atoms with E-state index in [2.05, 4.69) is 5.32 Å². The second kappa shape index (κ2) is 6.40. The maximum atomic E-state index is 11.3. The Kier molecular flexibility index (Phi) is 5.16. The van der Waals surface area contributed by atoms with Crippen LogP contribution >= 0.6 is 0 Å². The molecule has 0 saturated heterocycles. The number of carbonyl (C=O) groups is 1. The van der Waals surface area contributed by atoms with Crippen LogP contribution in [0.15, 0.2) is 18.2 Å². The van der Waals surface area contributed by atoms with Gasteiger partial charge >= 0.3 is 5.97 Å². The molecule has 0 amide bonds. The summed E-state index contributed by atoms with van der Waals surface area (Å²) in [4.78, 5) is 11.3. The maximum absolute atomic E-state index is 11.3. The van der Waals surface area contributed by atoms with Crippen molar-refractivity contribution >= 4 is 5.97 Å². The molecule has 0 aliphatic heterocycles. The van der Waals surface area contributed by atoms with Gasteiger partial charge in [0.1, 0.15) is 11.8 Å². The minimum atomic E-state index is -0.868. The van der Waals surface area contributed by atoms with E-state index in [4.69, 9.17) is 4.74 Å². The summed E-state index contributed by atoms with van der Waals surface area (Å²) in [6.07, 6.45) is 0. The Morgan fingerprint density at radius 1 is 1.44 bits per heavy atom. The first-order valence-corrected chi connectivity index (χ1v) is 6.18. The third kappa shape index (κ3) is 3.74. The summed E-state index contributed by atoms with van der Waals surface area (Å²) in [6, 6.07) is 4.91. The number of carboxylic acids is 1. The molecular formula is C14H21NO3. The van der Waals surface area contributed by atoms with Crippen molar-refractivity contribution < 1.29 is 14.6 Å². The molecule has 0 aliphatic rings. The highest BCUT2D eigenvalue weighted by Crippen LogP contribution is 2.23. The minimum Gasteiger partial charge on any atom is -0.494 e. The van der Waals surface area contributed by atoms with E-state index in [1.54, 1.807) is 6.07 Å². The number of nitrogens with one attached hydrogen (secondary N) is 1. The molecule has 0 spiro atoms. The third-order valence-electron chi connectivity index (χ3n) is 2.58. The van der Waals surface area contributed by atoms with Gasteiger partial charge < -0.3 is 9.84 Å². The van der Waals surface area contributed by atoms with Crippen molar-refractivity contribution in [2.24, 2.45) is 0 Å². The molecular weight excluding hydrogens is 230 g/mol. The lowest BCUT2D eigenvalue weighted by Gasteiger charge is -2.19. The van der Waals surface area contributed by atoms with Crippen molar-refractivity contribution in [3.05, 3.63) is 29.3 Å². The van der Waals surface area contributed by atoms with Gasteiger partial charge in [-0.25, -0.2) is 0 Å². The summed E-state index contributed by atoms with van der Waals surface area (Å²) in [6.45, 7) is 8.30. The topological polar surface area (TPSA) is 58.6 Å². The van der Waals surface area contributed by atoms with E-state index in [1.807, 2.05) is 39.8 Å². The standard InChI is InChI=1S/C14H21NO3/c1-5-18-12-7-6-11(8-10(12)4)13(14(16)17)15-9(2)3/h6-9,13,15H,5H2,1-4H3,(H,16,17). The molecule has 4 heteroatoms. The van der Waals surface area contributed by atoms with Crippen molar-refractivity contribution in [1.29, 1.82) is 0 Å². The molecule has 1 aromatic rings. The quantitative estimate of drug-likeness (QED) is 0.815. The van der Waals surface area contributed by atoms with Crippen LogP contribution in [0.5, 0.6) is 5.75 Å². The molecule has 4 nitrogen and oxygen atoms in total. The third-order valence-corrected chi connectivity index (χ3v) is 2.58. The fourth-order valence-corrected chi connectivity index (χ4v) is 1.81. The summed E-state index contributed by atoms with van der Waals surface area (Å²) in [5, 5.41) is 12.3. The summed E-state index contributed by atoms with van der Waals surface area (Å²) in [5.41, 5.74) is 1.70. The van der Waals surface area contributed by atoms with Gasteiger partial charge in [-0.2, -0.15) is 0 Å². The molecule has 1 atom stereocenters. The normalized spacial score (nSPS) is 12.5. The largest absolute Gasteiger partial charge is 0.494 e. The molecule has 1 unspecified atom stereocenters. The molecule has 1 rings (SSSR count). The fraction of sp³-hybridized carbons (Fsp3) is 0.500. The van der Waals surface area contributed by atoms with E-state index in [9.17, 15) is 9.90 Å². The minimum absolute atomic E-state index is 0.109. The van der Waals surface area contributed by atoms with E-state index in [0.717, 1.165) is 16.9 Å². The number of hydrogen-bond acceptors (Lipinski definition) is 3. The van der Waals surface area contributed by atoms with E-state index in [1.165, 1.54) is 0 Å². The van der Waals surface area contributed by atoms with E-state index >= 15 is 0 Å². The van der Waals surface area contributed by atoms with Crippen molar-refractivity contribution in [1.82, 2.24) is 5.32 Å². The van der Waals surface area contributed by atoms with E-state index < -0.39 is 12.0 Å². The summed E-state index contributed by atoms with van der Waals surface area (Å²) in [7, 11) is 0. The molecule has 0 saturated carbocycles. The molecule has 0 fully saturated rings. The van der Waals surface area contributed by atoms with Gasteiger partial charge in [0.05, 0.1) is 6.61 Å². The first kappa shape index (κ1) is 14.5. The Hall–Kier alpha value is -1.55. The predicted octanol–water partition coefficient (Wildman–Crippen LogP) is 2.52. The molecule has 0 radical (unpaired) electrons. The zero-order chi connectivity index (χ0) is 13.7. The monoisotopic (exact) mass is 251 g/mol. The van der Waals surface area contributed by atoms with Crippen LogP contribution in [0.25, 0.3) is 0 Å². The first-order chi connectivity index (χ1) is 8.45. The van der Waals surface area contributed by atoms with Crippen LogP contribution in [0.1, 0.15) is 37.9 Å². The average molecular weight is 251 g/mol. The Morgan fingerprint density at radius 2 is 2.11 bits per heavy atom. The van der Waals surface area contributed by atoms with Crippen LogP contribution in [0.4, 0.5) is 0 Å². The number of ether oxygens (including phenoxy) is 1. The number of carboxylic acid groups (broad SMARTS) is 1. The van der Waals surface area contributed by atoms with Gasteiger partial charge in [-0.15, -0.1) is 0 Å². The number of benzene rings is 1. The summed E-state index contributed by atoms with van der Waals surface area (Å²) < 4.78 is 5.45. The number of aryl methyl sites for hydroxylation is 1. The van der Waals surface area contributed by atoms with Gasteiger partial charge in [0.2, 0.25) is 0 Å². The molecule has 0 aliphatic carbocycles. The Balaban J connectivity index is 2.99. The molecule has 1 aromatic carbocycles. The van der Waals surface area contributed by atoms with E-state index in [0.29, 0.717) is 6.61 Å². The zero-order valence-corrected chi connectivity index (χ0v) is 11.4. The van der Waals surface area contributed by atoms with Gasteiger partial charge in [0.15, 0.2) is 0 Å². The second-order valence-corrected chi connectivity index (χ2v) is 4.55. The van der Waals surface area contributed by atoms with Crippen LogP contribution in [0.3, 0.4) is 0 Å². The lowest BCUT2D eigenvalue weighted by molar-refractivity contribution is -0.139. The Bertz CT molecular complexity index is 416. The number of hydrogen-bond donors (Lipinski definition) is 2. The van der Waals surface area contributed by atoms with Gasteiger partial charge in [-0.05, 0) is 44.9 Å². The van der Waals surface area contributed by atoms with Gasteiger partial charge in [-0.3, -0.25) is 10.1 Å². The Morgan fingerprint density at radius 3 is 2.56 bits per heavy atom. The lowest BCUT2D eigenvalue weighted by Crippen LogP contribution is -2.33. The Labute approximate surface area is 108 Å². The smallest absolute Gasteiger partial charge is 0.325 e. The highest BCUT2D eigenvalue weighted by molar-refractivity contribution is 5.75. The van der Waals surface area contributed by atoms with Crippen LogP contribution in [-0.2, 0) is 4.79 Å². The summed E-state index contributed by atoms with van der Waals surface area (Å²) in [5.74, 6) is -0.0674. The molecule has 0 bridgehead atoms. The average Bonchev–Trinajstić information content (AvgIpc) is 2.28. The van der Waals surface area contributed by atoms with Crippen molar-refractivity contribution in [2.75, 3.05) is 6.61 Å². The van der Waals surface area contributed by atoms with Crippen molar-refractivity contribution in [2.45, 2.75) is 39.8 Å². The summed E-state index contributed by atoms with van der Waals surface area (Å²) >= 11 is 0. The highest BCUT2D eigenvalue weighted by atomic mass is 16.5. The first-order valence-electron chi connectivity index (χ1n) is 6.18. The number of rotatable bonds is 6. The molecule has 0 heterocycles. The van der Waals surface area contributed by atoms with Crippen LogP contribution in [-0.4, -0.2) is 23.7 Å². The van der Waals surface area contributed by atoms with Crippen LogP contribution < -0.4 is 10.1 Å². The van der Waals surface area contributed by atoms with Crippen molar-refractivity contribution in [3.63, 3.8) is 0 Å². The number of aliphatic carboxylic acids is 1. The molecule has 18 heavy (non-hydrogen) atoms. The SMILES string of the molecule is CCOc1ccc(C(NC(C)C)C(=O)O)cc1C. The van der Waals surface area contributed by atoms with Crippen molar-refractivity contribution in [3.8, 4) is 5.75 Å². The highest BCUT2D eigenvalue weighted by Gasteiger charge is 2.20. The fourth-order valence-electron chi connectivity index (χ4n) is 1.81. The van der Waals surface area contributed by atoms with Gasteiger partial charge in [0, 0.05) is 6.04 Å². The molecule has 0 aromatic heterocycles. The zero-order valence-electron chi connectivity index (χ0n) is 11.4. The predicted molar refractivity (Wildman–Crippen MR) is 71.0 cm³/mol. The molecule has 100 valence electrons. The molecule has 2 N–H and O–H groups in total. The van der Waals surface area contributed by atoms with Crippen LogP contribution in [0.2, 0.25) is 0 Å². The lowest BCUT2D eigenvalue weighted by atomic mass is 10.0. The maximum Gasteiger partial charge on any atom is 0.325 e. The van der Waals surface area contributed by atoms with E-state index in [-0.39, 0.29) is 6.04 Å². The van der Waals surface area contributed by atoms with Gasteiger partial charge in [0.25, 0.3) is 0 Å². The van der Waals surface area contributed by atoms with Gasteiger partial charge in [-0.1, -0.05) is 12.1 Å². The van der Waals surface area contributed by atoms with Crippen LogP contribution in [0, 0.1) is 6.92 Å². The second-order valence-electron chi connectivity index (χ2n) is 4.55.